The van der Waals surface area contributed by atoms with Crippen molar-refractivity contribution in [3.8, 4) is 0 Å². The van der Waals surface area contributed by atoms with Crippen LogP contribution in [0.5, 0.6) is 0 Å². The first-order valence-electron chi connectivity index (χ1n) is 4.69. The fourth-order valence-electron chi connectivity index (χ4n) is 1.42. The standard InChI is InChI=1S/C7H15O9P.Ba/c8-1-4-2-15-7(11,6(10)5(4)9)3-16-17(12,13)14;/h4-6,8-11H,1-3H2,(H2,12,13,14);/q;+2/p-2/t4-,5+,6-,7+;/m0./s1. The zero-order valence-electron chi connectivity index (χ0n) is 9.34. The Morgan fingerprint density at radius 2 is 2.00 bits per heavy atom. The van der Waals surface area contributed by atoms with Gasteiger partial charge in [0.05, 0.1) is 27.1 Å². The molecular weight excluding hydrogens is 396 g/mol. The molecule has 9 nitrogen and oxygen atoms in total. The van der Waals surface area contributed by atoms with Gasteiger partial charge in [-0.3, -0.25) is 0 Å². The summed E-state index contributed by atoms with van der Waals surface area (Å²) in [5, 5.41) is 37.4. The van der Waals surface area contributed by atoms with Crippen molar-refractivity contribution < 1.29 is 44.0 Å². The molecule has 0 bridgehead atoms. The summed E-state index contributed by atoms with van der Waals surface area (Å²) in [5.41, 5.74) is 0. The normalized spacial score (nSPS) is 37.1. The second-order valence-electron chi connectivity index (χ2n) is 3.75. The van der Waals surface area contributed by atoms with Crippen LogP contribution in [0.1, 0.15) is 0 Å². The van der Waals surface area contributed by atoms with Crippen LogP contribution in [0.4, 0.5) is 0 Å². The molecule has 0 amide bonds. The van der Waals surface area contributed by atoms with Crippen LogP contribution in [0.15, 0.2) is 0 Å². The van der Waals surface area contributed by atoms with Crippen LogP contribution in [0, 0.1) is 5.92 Å². The summed E-state index contributed by atoms with van der Waals surface area (Å²) in [6.07, 6.45) is -3.43. The average Bonchev–Trinajstić information content (AvgIpc) is 2.23. The van der Waals surface area contributed by atoms with Gasteiger partial charge in [0.2, 0.25) is 5.79 Å². The van der Waals surface area contributed by atoms with Crippen LogP contribution in [0.25, 0.3) is 0 Å². The minimum Gasteiger partial charge on any atom is -0.790 e. The van der Waals surface area contributed by atoms with Crippen molar-refractivity contribution in [1.29, 1.82) is 0 Å². The molecule has 18 heavy (non-hydrogen) atoms. The first-order valence-corrected chi connectivity index (χ1v) is 6.15. The van der Waals surface area contributed by atoms with Gasteiger partial charge in [0, 0.05) is 5.92 Å². The smallest absolute Gasteiger partial charge is 0.790 e. The Labute approximate surface area is 143 Å². The molecule has 0 aromatic carbocycles. The maximum absolute atomic E-state index is 10.2. The van der Waals surface area contributed by atoms with Crippen LogP contribution < -0.4 is 9.79 Å². The van der Waals surface area contributed by atoms with Gasteiger partial charge in [-0.05, 0) is 0 Å². The average molecular weight is 409 g/mol. The van der Waals surface area contributed by atoms with E-state index in [2.05, 4.69) is 4.52 Å². The van der Waals surface area contributed by atoms with Crippen molar-refractivity contribution in [1.82, 2.24) is 0 Å². The topological polar surface area (TPSA) is 163 Å². The number of aliphatic hydroxyl groups is 4. The van der Waals surface area contributed by atoms with Gasteiger partial charge in [0.25, 0.3) is 0 Å². The van der Waals surface area contributed by atoms with E-state index in [9.17, 15) is 29.7 Å². The molecule has 0 radical (unpaired) electrons. The van der Waals surface area contributed by atoms with Crippen LogP contribution in [0.2, 0.25) is 0 Å². The fourth-order valence-corrected chi connectivity index (χ4v) is 1.76. The van der Waals surface area contributed by atoms with Crippen LogP contribution in [-0.2, 0) is 13.8 Å². The second-order valence-corrected chi connectivity index (χ2v) is 4.91. The van der Waals surface area contributed by atoms with Crippen molar-refractivity contribution in [3.05, 3.63) is 0 Å². The summed E-state index contributed by atoms with van der Waals surface area (Å²) in [4.78, 5) is 20.4. The van der Waals surface area contributed by atoms with E-state index >= 15 is 0 Å². The molecule has 4 atom stereocenters. The van der Waals surface area contributed by atoms with Gasteiger partial charge in [-0.25, -0.2) is 0 Å². The van der Waals surface area contributed by atoms with E-state index in [0.29, 0.717) is 0 Å². The van der Waals surface area contributed by atoms with E-state index in [-0.39, 0.29) is 55.5 Å². The van der Waals surface area contributed by atoms with Gasteiger partial charge >= 0.3 is 48.9 Å². The Hall–Kier alpha value is 1.48. The molecule has 0 aromatic heterocycles. The predicted octanol–water partition coefficient (Wildman–Crippen LogP) is -4.50. The number of ether oxygens (including phenoxy) is 1. The van der Waals surface area contributed by atoms with Crippen LogP contribution in [0.3, 0.4) is 0 Å². The third-order valence-corrected chi connectivity index (χ3v) is 2.93. The van der Waals surface area contributed by atoms with E-state index in [4.69, 9.17) is 9.84 Å². The molecule has 0 saturated carbocycles. The Kier molecular flexibility index (Phi) is 8.09. The fraction of sp³-hybridized carbons (Fsp3) is 1.00. The second kappa shape index (κ2) is 7.48. The van der Waals surface area contributed by atoms with E-state index in [0.717, 1.165) is 0 Å². The van der Waals surface area contributed by atoms with Crippen molar-refractivity contribution in [3.63, 3.8) is 0 Å². The van der Waals surface area contributed by atoms with E-state index in [1.54, 1.807) is 0 Å². The molecule has 1 fully saturated rings. The molecule has 0 unspecified atom stereocenters. The molecule has 1 aliphatic heterocycles. The number of phosphoric ester groups is 1. The molecule has 1 aliphatic rings. The first-order chi connectivity index (χ1) is 7.69. The molecule has 1 rings (SSSR count). The Bertz CT molecular complexity index is 309. The SMILES string of the molecule is O=P([O-])([O-])OC[C@@]1(O)OC[C@H](CO)[C@@H](O)[C@@H]1O.[Ba+2]. The van der Waals surface area contributed by atoms with Crippen LogP contribution in [-0.4, -0.2) is 107 Å². The summed E-state index contributed by atoms with van der Waals surface area (Å²) < 4.78 is 18.7. The summed E-state index contributed by atoms with van der Waals surface area (Å²) in [6.45, 7) is -1.94. The molecular formula is C7H13BaO9P. The van der Waals surface area contributed by atoms with Gasteiger partial charge in [0.15, 0.2) is 0 Å². The number of hydrogen-bond donors (Lipinski definition) is 4. The van der Waals surface area contributed by atoms with E-state index < -0.39 is 44.9 Å². The molecule has 102 valence electrons. The number of phosphoric acid groups is 1. The van der Waals surface area contributed by atoms with Gasteiger partial charge < -0.3 is 44.0 Å². The van der Waals surface area contributed by atoms with Crippen molar-refractivity contribution in [2.24, 2.45) is 5.92 Å². The monoisotopic (exact) mass is 410 g/mol. The predicted molar refractivity (Wildman–Crippen MR) is 52.8 cm³/mol. The van der Waals surface area contributed by atoms with Gasteiger partial charge in [-0.15, -0.1) is 0 Å². The summed E-state index contributed by atoms with van der Waals surface area (Å²) >= 11 is 0. The Morgan fingerprint density at radius 3 is 2.44 bits per heavy atom. The minimum absolute atomic E-state index is 0. The van der Waals surface area contributed by atoms with Gasteiger partial charge in [-0.2, -0.15) is 0 Å². The molecule has 1 saturated heterocycles. The third kappa shape index (κ3) is 5.11. The summed E-state index contributed by atoms with van der Waals surface area (Å²) in [5.74, 6) is -3.33. The summed E-state index contributed by atoms with van der Waals surface area (Å²) in [6, 6.07) is 0. The molecule has 0 aliphatic carbocycles. The number of rotatable bonds is 4. The minimum atomic E-state index is -5.33. The largest absolute Gasteiger partial charge is 2.00 e. The third-order valence-electron chi connectivity index (χ3n) is 2.48. The zero-order valence-corrected chi connectivity index (χ0v) is 14.7. The zero-order chi connectivity index (χ0) is 13.3. The Morgan fingerprint density at radius 1 is 1.44 bits per heavy atom. The maximum Gasteiger partial charge on any atom is 2.00 e. The quantitative estimate of drug-likeness (QED) is 0.265. The van der Waals surface area contributed by atoms with Crippen molar-refractivity contribution in [2.75, 3.05) is 19.8 Å². The molecule has 0 spiro atoms. The number of aliphatic hydroxyl groups excluding tert-OH is 3. The summed E-state index contributed by atoms with van der Waals surface area (Å²) in [7, 11) is -5.33. The molecule has 1 heterocycles. The number of hydrogen-bond acceptors (Lipinski definition) is 9. The maximum atomic E-state index is 10.2. The van der Waals surface area contributed by atoms with Gasteiger partial charge in [0.1, 0.15) is 12.7 Å². The molecule has 11 heteroatoms. The molecule has 4 N–H and O–H groups in total. The van der Waals surface area contributed by atoms with Crippen LogP contribution >= 0.6 is 7.82 Å². The first kappa shape index (κ1) is 19.5. The van der Waals surface area contributed by atoms with E-state index in [1.165, 1.54) is 0 Å². The van der Waals surface area contributed by atoms with Crippen molar-refractivity contribution >= 4 is 56.7 Å². The van der Waals surface area contributed by atoms with Crippen molar-refractivity contribution in [2.45, 2.75) is 18.0 Å². The molecule has 0 aromatic rings. The van der Waals surface area contributed by atoms with Gasteiger partial charge in [-0.1, -0.05) is 0 Å². The van der Waals surface area contributed by atoms with E-state index in [1.807, 2.05) is 0 Å². The Balaban J connectivity index is 0.00000289.